The van der Waals surface area contributed by atoms with Gasteiger partial charge in [0.2, 0.25) is 5.91 Å². The number of alkyl halides is 3. The molecule has 2 N–H and O–H groups in total. The lowest BCUT2D eigenvalue weighted by molar-refractivity contribution is -0.141. The molecule has 0 saturated heterocycles. The lowest BCUT2D eigenvalue weighted by Crippen LogP contribution is -2.12. The van der Waals surface area contributed by atoms with Crippen molar-refractivity contribution in [1.82, 2.24) is 4.98 Å². The Kier molecular flexibility index (Phi) is 3.25. The van der Waals surface area contributed by atoms with E-state index in [-0.39, 0.29) is 11.1 Å². The minimum Gasteiger partial charge on any atom is -0.366 e. The van der Waals surface area contributed by atoms with Crippen LogP contribution in [0.3, 0.4) is 0 Å². The van der Waals surface area contributed by atoms with Gasteiger partial charge in [-0.1, -0.05) is 18.2 Å². The van der Waals surface area contributed by atoms with Crippen LogP contribution in [0.4, 0.5) is 13.2 Å². The number of amides is 1. The summed E-state index contributed by atoms with van der Waals surface area (Å²) in [5.41, 5.74) is 4.95. The predicted molar refractivity (Wildman–Crippen MR) is 63.2 cm³/mol. The van der Waals surface area contributed by atoms with E-state index in [9.17, 15) is 18.0 Å². The molecule has 2 rings (SSSR count). The van der Waals surface area contributed by atoms with Gasteiger partial charge >= 0.3 is 6.18 Å². The fourth-order valence-electron chi connectivity index (χ4n) is 1.70. The fraction of sp³-hybridized carbons (Fsp3) is 0.0769. The molecule has 6 heteroatoms. The van der Waals surface area contributed by atoms with Crippen LogP contribution in [0.1, 0.15) is 16.1 Å². The quantitative estimate of drug-likeness (QED) is 0.908. The molecule has 1 amide bonds. The van der Waals surface area contributed by atoms with Crippen LogP contribution < -0.4 is 5.73 Å². The summed E-state index contributed by atoms with van der Waals surface area (Å²) in [6.07, 6.45) is -3.48. The SMILES string of the molecule is NC(=O)c1ccccc1-c1ccnc(C(F)(F)F)c1. The third-order valence-corrected chi connectivity index (χ3v) is 2.55. The molecule has 2 aromatic rings. The van der Waals surface area contributed by atoms with Crippen LogP contribution in [-0.4, -0.2) is 10.9 Å². The molecule has 98 valence electrons. The number of halogens is 3. The maximum Gasteiger partial charge on any atom is 0.433 e. The second-order valence-electron chi connectivity index (χ2n) is 3.84. The van der Waals surface area contributed by atoms with Gasteiger partial charge in [-0.2, -0.15) is 13.2 Å². The van der Waals surface area contributed by atoms with Crippen LogP contribution >= 0.6 is 0 Å². The van der Waals surface area contributed by atoms with Gasteiger partial charge in [0, 0.05) is 11.8 Å². The van der Waals surface area contributed by atoms with Crippen molar-refractivity contribution >= 4 is 5.91 Å². The van der Waals surface area contributed by atoms with E-state index in [2.05, 4.69) is 4.98 Å². The van der Waals surface area contributed by atoms with E-state index >= 15 is 0 Å². The van der Waals surface area contributed by atoms with E-state index in [1.165, 1.54) is 18.2 Å². The van der Waals surface area contributed by atoms with Gasteiger partial charge in [0.15, 0.2) is 0 Å². The summed E-state index contributed by atoms with van der Waals surface area (Å²) >= 11 is 0. The van der Waals surface area contributed by atoms with Gasteiger partial charge in [0.1, 0.15) is 5.69 Å². The average molecular weight is 266 g/mol. The van der Waals surface area contributed by atoms with Gasteiger partial charge in [-0.3, -0.25) is 9.78 Å². The van der Waals surface area contributed by atoms with Crippen molar-refractivity contribution in [1.29, 1.82) is 0 Å². The lowest BCUT2D eigenvalue weighted by Gasteiger charge is -2.10. The first-order chi connectivity index (χ1) is 8.89. The third-order valence-electron chi connectivity index (χ3n) is 2.55. The summed E-state index contributed by atoms with van der Waals surface area (Å²) in [5.74, 6) is -0.694. The smallest absolute Gasteiger partial charge is 0.366 e. The van der Waals surface area contributed by atoms with E-state index in [0.29, 0.717) is 5.56 Å². The molecular formula is C13H9F3N2O. The van der Waals surface area contributed by atoms with Crippen LogP contribution in [0, 0.1) is 0 Å². The topological polar surface area (TPSA) is 56.0 Å². The highest BCUT2D eigenvalue weighted by Gasteiger charge is 2.32. The number of hydrogen-bond donors (Lipinski definition) is 1. The van der Waals surface area contributed by atoms with Crippen LogP contribution in [0.25, 0.3) is 11.1 Å². The second-order valence-corrected chi connectivity index (χ2v) is 3.84. The summed E-state index contributed by atoms with van der Waals surface area (Å²) in [7, 11) is 0. The fourth-order valence-corrected chi connectivity index (χ4v) is 1.70. The van der Waals surface area contributed by atoms with Gasteiger partial charge in [0.05, 0.1) is 0 Å². The minimum atomic E-state index is -4.53. The molecule has 3 nitrogen and oxygen atoms in total. The summed E-state index contributed by atoms with van der Waals surface area (Å²) in [4.78, 5) is 14.5. The zero-order valence-corrected chi connectivity index (χ0v) is 9.61. The van der Waals surface area contributed by atoms with E-state index in [1.54, 1.807) is 12.1 Å². The lowest BCUT2D eigenvalue weighted by atomic mass is 9.99. The van der Waals surface area contributed by atoms with E-state index < -0.39 is 17.8 Å². The molecule has 0 radical (unpaired) electrons. The summed E-state index contributed by atoms with van der Waals surface area (Å²) in [5, 5.41) is 0. The molecule has 19 heavy (non-hydrogen) atoms. The number of nitrogens with two attached hydrogens (primary N) is 1. The Labute approximate surface area is 106 Å². The highest BCUT2D eigenvalue weighted by Crippen LogP contribution is 2.31. The molecule has 0 spiro atoms. The molecular weight excluding hydrogens is 257 g/mol. The zero-order chi connectivity index (χ0) is 14.0. The molecule has 0 unspecified atom stereocenters. The molecule has 0 aliphatic heterocycles. The Morgan fingerprint density at radius 3 is 2.47 bits per heavy atom. The number of rotatable bonds is 2. The van der Waals surface area contributed by atoms with Gasteiger partial charge in [0.25, 0.3) is 0 Å². The normalized spacial score (nSPS) is 11.3. The number of nitrogens with zero attached hydrogens (tertiary/aromatic N) is 1. The highest BCUT2D eigenvalue weighted by atomic mass is 19.4. The Balaban J connectivity index is 2.57. The monoisotopic (exact) mass is 266 g/mol. The van der Waals surface area contributed by atoms with Gasteiger partial charge in [-0.05, 0) is 29.3 Å². The Morgan fingerprint density at radius 1 is 1.16 bits per heavy atom. The first kappa shape index (κ1) is 13.1. The molecule has 0 bridgehead atoms. The van der Waals surface area contributed by atoms with Crippen molar-refractivity contribution in [3.05, 3.63) is 53.9 Å². The van der Waals surface area contributed by atoms with Gasteiger partial charge < -0.3 is 5.73 Å². The largest absolute Gasteiger partial charge is 0.433 e. The number of carbonyl (C=O) groups is 1. The third kappa shape index (κ3) is 2.73. The summed E-state index contributed by atoms with van der Waals surface area (Å²) in [6.45, 7) is 0. The number of benzene rings is 1. The average Bonchev–Trinajstić information content (AvgIpc) is 2.38. The number of hydrogen-bond acceptors (Lipinski definition) is 2. The molecule has 1 aromatic heterocycles. The van der Waals surface area contributed by atoms with Crippen molar-refractivity contribution in [3.8, 4) is 11.1 Å². The summed E-state index contributed by atoms with van der Waals surface area (Å²) < 4.78 is 37.8. The van der Waals surface area contributed by atoms with Crippen molar-refractivity contribution in [2.45, 2.75) is 6.18 Å². The number of aromatic nitrogens is 1. The maximum atomic E-state index is 12.6. The van der Waals surface area contributed by atoms with Crippen molar-refractivity contribution < 1.29 is 18.0 Å². The van der Waals surface area contributed by atoms with Crippen molar-refractivity contribution in [2.24, 2.45) is 5.73 Å². The number of carbonyl (C=O) groups excluding carboxylic acids is 1. The maximum absolute atomic E-state index is 12.6. The molecule has 0 saturated carbocycles. The molecule has 0 aliphatic carbocycles. The molecule has 0 fully saturated rings. The first-order valence-corrected chi connectivity index (χ1v) is 5.32. The molecule has 1 aromatic carbocycles. The van der Waals surface area contributed by atoms with Gasteiger partial charge in [-0.15, -0.1) is 0 Å². The Morgan fingerprint density at radius 2 is 1.84 bits per heavy atom. The molecule has 1 heterocycles. The van der Waals surface area contributed by atoms with E-state index in [4.69, 9.17) is 5.73 Å². The number of pyridine rings is 1. The van der Waals surface area contributed by atoms with Crippen molar-refractivity contribution in [2.75, 3.05) is 0 Å². The van der Waals surface area contributed by atoms with Crippen LogP contribution in [0.2, 0.25) is 0 Å². The molecule has 0 aliphatic rings. The minimum absolute atomic E-state index is 0.168. The highest BCUT2D eigenvalue weighted by molar-refractivity contribution is 5.99. The van der Waals surface area contributed by atoms with Crippen LogP contribution in [0.15, 0.2) is 42.6 Å². The Hall–Kier alpha value is -2.37. The van der Waals surface area contributed by atoms with Crippen molar-refractivity contribution in [3.63, 3.8) is 0 Å². The standard InChI is InChI=1S/C13H9F3N2O/c14-13(15,16)11-7-8(5-6-18-11)9-3-1-2-4-10(9)12(17)19/h1-7H,(H2,17,19). The summed E-state index contributed by atoms with van der Waals surface area (Å²) in [6, 6.07) is 8.50. The first-order valence-electron chi connectivity index (χ1n) is 5.32. The van der Waals surface area contributed by atoms with Gasteiger partial charge in [-0.25, -0.2) is 0 Å². The second kappa shape index (κ2) is 4.72. The molecule has 0 atom stereocenters. The van der Waals surface area contributed by atoms with E-state index in [1.807, 2.05) is 0 Å². The van der Waals surface area contributed by atoms with E-state index in [0.717, 1.165) is 12.3 Å². The Bertz CT molecular complexity index is 623. The number of primary amides is 1. The zero-order valence-electron chi connectivity index (χ0n) is 9.61. The van der Waals surface area contributed by atoms with Crippen LogP contribution in [-0.2, 0) is 6.18 Å². The predicted octanol–water partition coefficient (Wildman–Crippen LogP) is 2.87. The van der Waals surface area contributed by atoms with Crippen LogP contribution in [0.5, 0.6) is 0 Å².